The van der Waals surface area contributed by atoms with Crippen LogP contribution in [0, 0.1) is 0 Å². The number of benzene rings is 17. The Morgan fingerprint density at radius 1 is 0.238 bits per heavy atom. The van der Waals surface area contributed by atoms with Crippen molar-refractivity contribution in [2.75, 3.05) is 9.80 Å². The van der Waals surface area contributed by atoms with E-state index in [1.807, 2.05) is 0 Å². The van der Waals surface area contributed by atoms with E-state index in [1.165, 1.54) is 22.3 Å². The molecule has 0 amide bonds. The molecule has 7 nitrogen and oxygen atoms in total. The van der Waals surface area contributed by atoms with Crippen molar-refractivity contribution in [3.05, 3.63) is 379 Å². The van der Waals surface area contributed by atoms with Gasteiger partial charge in [-0.2, -0.15) is 0 Å². The van der Waals surface area contributed by atoms with Crippen molar-refractivity contribution >= 4 is 166 Å². The molecule has 17 aromatic carbocycles. The quantitative estimate of drug-likeness (QED) is 0.135. The summed E-state index contributed by atoms with van der Waals surface area (Å²) in [6.07, 6.45) is 0. The normalized spacial score (nSPS) is 14.2. The van der Waals surface area contributed by atoms with Crippen LogP contribution in [0.1, 0.15) is 143 Å². The first-order valence-electron chi connectivity index (χ1n) is 49.6. The molecule has 0 N–H and O–H groups in total. The first kappa shape index (κ1) is 70.5. The van der Waals surface area contributed by atoms with E-state index < -0.39 is 60.5 Å². The molecule has 0 fully saturated rings. The first-order chi connectivity index (χ1) is 66.0. The fourth-order valence-electron chi connectivity index (χ4n) is 21.2. The van der Waals surface area contributed by atoms with Gasteiger partial charge in [-0.25, -0.2) is 0 Å². The Morgan fingerprint density at radius 3 is 1.14 bits per heavy atom. The predicted octanol–water partition coefficient (Wildman–Crippen LogP) is 31.5. The lowest BCUT2D eigenvalue weighted by Gasteiger charge is -2.45. The average Bonchev–Trinajstić information content (AvgIpc) is 1.21. The molecule has 130 heavy (non-hydrogen) atoms. The predicted molar refractivity (Wildman–Crippen MR) is 555 cm³/mol. The number of aromatic nitrogens is 4. The van der Waals surface area contributed by atoms with Gasteiger partial charge in [0.2, 0.25) is 0 Å². The highest BCUT2D eigenvalue weighted by atomic mass is 16.3. The third kappa shape index (κ3) is 12.2. The van der Waals surface area contributed by atoms with Gasteiger partial charge < -0.3 is 32.5 Å². The van der Waals surface area contributed by atoms with Crippen LogP contribution in [-0.2, 0) is 27.1 Å². The van der Waals surface area contributed by atoms with Gasteiger partial charge in [0.05, 0.1) is 72.2 Å². The molecule has 5 aromatic heterocycles. The lowest BCUT2D eigenvalue weighted by atomic mass is 9.33. The van der Waals surface area contributed by atoms with E-state index >= 15 is 0 Å². The van der Waals surface area contributed by atoms with Crippen LogP contribution in [0.15, 0.2) is 356 Å². The number of nitrogens with zero attached hydrogens (tertiary/aromatic N) is 6. The van der Waals surface area contributed by atoms with Crippen LogP contribution in [0.4, 0.5) is 34.1 Å². The van der Waals surface area contributed by atoms with Gasteiger partial charge in [-0.05, 0) is 227 Å². The van der Waals surface area contributed by atoms with Crippen molar-refractivity contribution in [1.29, 1.82) is 0 Å². The maximum Gasteiger partial charge on any atom is 0.252 e. The minimum absolute atomic E-state index is 0.00768. The van der Waals surface area contributed by atoms with E-state index in [1.54, 1.807) is 4.57 Å². The molecule has 8 heteroatoms. The Kier molecular flexibility index (Phi) is 15.4. The van der Waals surface area contributed by atoms with Gasteiger partial charge in [-0.1, -0.05) is 316 Å². The molecule has 0 saturated heterocycles. The Bertz CT molecular complexity index is 8750. The second kappa shape index (κ2) is 28.5. The molecule has 0 spiro atoms. The van der Waals surface area contributed by atoms with E-state index in [9.17, 15) is 11.0 Å². The summed E-state index contributed by atoms with van der Waals surface area (Å²) < 4.78 is 96.5. The average molecular weight is 1690 g/mol. The number of para-hydroxylation sites is 6. The molecule has 7 heterocycles. The van der Waals surface area contributed by atoms with Crippen LogP contribution >= 0.6 is 0 Å². The summed E-state index contributed by atoms with van der Waals surface area (Å²) in [4.78, 5) is 4.85. The maximum atomic E-state index is 10.4. The van der Waals surface area contributed by atoms with Gasteiger partial charge in [0.15, 0.2) is 5.58 Å². The maximum absolute atomic E-state index is 10.4. The molecule has 0 bridgehead atoms. The molecule has 0 radical (unpaired) electrons. The number of rotatable bonds is 9. The SMILES string of the molecule is [2H]c1c([2H])c([2H])c2c(c1[2H])c1c([2H])c([2H])c([2H])c([2H])c1n2-c1cc2c3c(c1)N(c1cccc4c1oc1c(-c5ccc6c7ccccc7n(-c7ccccc7)c6c5)cccc14)c1cc(-n4c5ccc(C(C)(C)C)cc5c5cc(C(C)(C)C)ccc54)ccc1B3c1ccc(-n3c4ccc(C(C)(C)C)cc4c4cc(C(C)(C)C)ccc43)cc1N2c1c(-c2ccccc2)cc(C(C)(C)C)cc1-c1ccccc1. The Balaban J connectivity index is 0.886. The molecule has 0 unspecified atom stereocenters. The number of anilines is 6. The first-order valence-corrected chi connectivity index (χ1v) is 45.6. The van der Waals surface area contributed by atoms with Crippen LogP contribution in [0.25, 0.3) is 165 Å². The fourth-order valence-corrected chi connectivity index (χ4v) is 21.2. The van der Waals surface area contributed by atoms with Crippen molar-refractivity contribution in [1.82, 2.24) is 18.3 Å². The third-order valence-electron chi connectivity index (χ3n) is 27.9. The summed E-state index contributed by atoms with van der Waals surface area (Å²) in [5.41, 5.74) is 28.8. The summed E-state index contributed by atoms with van der Waals surface area (Å²) in [6.45, 7) is 33.5. The topological polar surface area (TPSA) is 39.3 Å². The molecular formula is C122H103BN6O. The summed E-state index contributed by atoms with van der Waals surface area (Å²) in [5.74, 6) is 0. The number of fused-ring (bicyclic) bond motifs is 19. The second-order valence-electron chi connectivity index (χ2n) is 41.1. The third-order valence-corrected chi connectivity index (χ3v) is 27.9. The van der Waals surface area contributed by atoms with Crippen LogP contribution < -0.4 is 26.2 Å². The zero-order chi connectivity index (χ0) is 95.6. The van der Waals surface area contributed by atoms with Gasteiger partial charge in [0.1, 0.15) is 5.58 Å². The molecule has 22 aromatic rings. The highest BCUT2D eigenvalue weighted by Gasteiger charge is 2.47. The van der Waals surface area contributed by atoms with Gasteiger partial charge >= 0.3 is 0 Å². The van der Waals surface area contributed by atoms with E-state index in [0.29, 0.717) is 33.9 Å². The lowest BCUT2D eigenvalue weighted by molar-refractivity contribution is 0.590. The van der Waals surface area contributed by atoms with Gasteiger partial charge in [-0.3, -0.25) is 0 Å². The van der Waals surface area contributed by atoms with Crippen molar-refractivity contribution in [3.8, 4) is 56.1 Å². The van der Waals surface area contributed by atoms with E-state index in [-0.39, 0.29) is 43.5 Å². The molecule has 0 atom stereocenters. The molecule has 24 rings (SSSR count). The Labute approximate surface area is 771 Å². The van der Waals surface area contributed by atoms with Crippen LogP contribution in [0.2, 0.25) is 0 Å². The minimum atomic E-state index is -0.613. The van der Waals surface area contributed by atoms with Crippen molar-refractivity contribution in [2.24, 2.45) is 0 Å². The van der Waals surface area contributed by atoms with Gasteiger partial charge in [-0.15, -0.1) is 0 Å². The molecule has 2 aliphatic heterocycles. The van der Waals surface area contributed by atoms with Crippen molar-refractivity contribution in [2.45, 2.75) is 131 Å². The van der Waals surface area contributed by atoms with Crippen LogP contribution in [-0.4, -0.2) is 25.0 Å². The number of hydrogen-bond acceptors (Lipinski definition) is 3. The van der Waals surface area contributed by atoms with Gasteiger partial charge in [0, 0.05) is 110 Å². The summed E-state index contributed by atoms with van der Waals surface area (Å²) in [5, 5.41) is 8.52. The Hall–Kier alpha value is -14.6. The zero-order valence-corrected chi connectivity index (χ0v) is 76.0. The minimum Gasteiger partial charge on any atom is -0.453 e. The molecule has 0 saturated carbocycles. The molecular weight excluding hydrogens is 1580 g/mol. The summed E-state index contributed by atoms with van der Waals surface area (Å²) >= 11 is 0. The second-order valence-corrected chi connectivity index (χ2v) is 41.1. The summed E-state index contributed by atoms with van der Waals surface area (Å²) in [7, 11) is 0. The van der Waals surface area contributed by atoms with E-state index in [2.05, 4.69) is 431 Å². The van der Waals surface area contributed by atoms with E-state index in [4.69, 9.17) is 4.42 Å². The highest BCUT2D eigenvalue weighted by Crippen LogP contribution is 2.56. The smallest absolute Gasteiger partial charge is 0.252 e. The van der Waals surface area contributed by atoms with Crippen LogP contribution in [0.3, 0.4) is 0 Å². The van der Waals surface area contributed by atoms with E-state index in [0.717, 1.165) is 166 Å². The number of hydrogen-bond donors (Lipinski definition) is 0. The van der Waals surface area contributed by atoms with Crippen molar-refractivity contribution in [3.63, 3.8) is 0 Å². The monoisotopic (exact) mass is 1690 g/mol. The van der Waals surface area contributed by atoms with Gasteiger partial charge in [0.25, 0.3) is 6.71 Å². The standard InChI is InChI=1S/C122H103BN6O/c1-118(2,3)77-50-59-104-95(64-77)96-65-78(119(4,5)6)51-60-105(96)125(104)83-54-57-99-110(70-83)128(108-48-32-44-92-91-43-31-42-86(116(91)130-117(92)108)76-49-56-90-89-41-27-28-45-101(89)124(109(90)63-76)82-37-23-18-24-38-82)112-72-85(127-102-46-29-25-39-87(102)88-40-26-30-47-103(88)127)73-113-114(112)123(99)100-58-55-84(126-106-61-52-79(120(7,8)9)66-97(106)98-67-80(121(10,11)12)53-62-107(98)126)71-111(100)129(113)115-93(74-33-19-16-20-34-74)68-81(122(13,14)15)69-94(115)75-35-21-17-22-36-75/h16-73H,1-15H3/i25D,26D,29D,30D,39D,40D,46D,47D. The molecule has 2 aliphatic rings. The zero-order valence-electron chi connectivity index (χ0n) is 84.0. The Morgan fingerprint density at radius 2 is 0.638 bits per heavy atom. The summed E-state index contributed by atoms with van der Waals surface area (Å²) in [6, 6.07) is 108. The van der Waals surface area contributed by atoms with Crippen molar-refractivity contribution < 1.29 is 15.4 Å². The highest BCUT2D eigenvalue weighted by molar-refractivity contribution is 7.00. The van der Waals surface area contributed by atoms with Crippen LogP contribution in [0.5, 0.6) is 0 Å². The number of furan rings is 1. The molecule has 630 valence electrons. The fraction of sp³-hybridized carbons (Fsp3) is 0.164. The molecule has 0 aliphatic carbocycles. The lowest BCUT2D eigenvalue weighted by Crippen LogP contribution is -2.61. The largest absolute Gasteiger partial charge is 0.453 e.